The van der Waals surface area contributed by atoms with Gasteiger partial charge in [-0.15, -0.1) is 0 Å². The van der Waals surface area contributed by atoms with E-state index in [1.54, 1.807) is 20.8 Å². The summed E-state index contributed by atoms with van der Waals surface area (Å²) >= 11 is 0. The topological polar surface area (TPSA) is 0 Å². The van der Waals surface area contributed by atoms with E-state index in [-0.39, 0.29) is 0 Å². The molecule has 1 aliphatic rings. The second-order valence-electron chi connectivity index (χ2n) is 15.7. The van der Waals surface area contributed by atoms with E-state index in [9.17, 15) is 0 Å². The smallest absolute Gasteiger partial charge is 0.0776 e. The number of benzene rings is 3. The molecule has 0 unspecified atom stereocenters. The Bertz CT molecular complexity index is 1310. The SMILES string of the molecule is CCCC1=CCC([Si](c2cc(C(C)C)cc(C(C)C)c2)(c2cc(C(C)C)cc(C(C)C)c2)c2cc(C(C)C)cc(C(C)C)c2)=C1. The van der Waals surface area contributed by atoms with Crippen molar-refractivity contribution >= 4 is 23.6 Å². The fourth-order valence-corrected chi connectivity index (χ4v) is 12.3. The van der Waals surface area contributed by atoms with Gasteiger partial charge in [-0.3, -0.25) is 0 Å². The maximum absolute atomic E-state index is 2.72. The Balaban J connectivity index is 2.31. The highest BCUT2D eigenvalue weighted by Crippen LogP contribution is 2.34. The van der Waals surface area contributed by atoms with Crippen molar-refractivity contribution in [2.24, 2.45) is 0 Å². The Morgan fingerprint density at radius 3 is 1.00 bits per heavy atom. The summed E-state index contributed by atoms with van der Waals surface area (Å²) in [7, 11) is -2.72. The molecule has 3 aromatic carbocycles. The summed E-state index contributed by atoms with van der Waals surface area (Å²) in [5.41, 5.74) is 10.4. The van der Waals surface area contributed by atoms with Gasteiger partial charge in [0, 0.05) is 0 Å². The molecule has 0 N–H and O–H groups in total. The molecule has 0 nitrogen and oxygen atoms in total. The van der Waals surface area contributed by atoms with Crippen LogP contribution in [0.2, 0.25) is 0 Å². The van der Waals surface area contributed by atoms with Crippen molar-refractivity contribution < 1.29 is 0 Å². The molecular weight excluding hydrogens is 557 g/mol. The molecule has 4 rings (SSSR count). The van der Waals surface area contributed by atoms with Crippen LogP contribution >= 0.6 is 0 Å². The van der Waals surface area contributed by atoms with Gasteiger partial charge in [0.1, 0.15) is 0 Å². The fraction of sp³-hybridized carbons (Fsp3) is 0.500. The molecule has 0 saturated carbocycles. The summed E-state index contributed by atoms with van der Waals surface area (Å²) in [4.78, 5) is 0. The predicted octanol–water partition coefficient (Wildman–Crippen LogP) is 11.5. The number of hydrogen-bond donors (Lipinski definition) is 0. The van der Waals surface area contributed by atoms with Gasteiger partial charge in [-0.25, -0.2) is 0 Å². The van der Waals surface area contributed by atoms with Gasteiger partial charge in [-0.2, -0.15) is 0 Å². The minimum absolute atomic E-state index is 0.474. The molecule has 0 heterocycles. The summed E-state index contributed by atoms with van der Waals surface area (Å²) in [6.07, 6.45) is 8.61. The molecule has 3 aromatic rings. The molecule has 1 aliphatic carbocycles. The highest BCUT2D eigenvalue weighted by atomic mass is 28.3. The second kappa shape index (κ2) is 14.4. The summed E-state index contributed by atoms with van der Waals surface area (Å²) in [6, 6.07) is 23.3. The molecule has 0 atom stereocenters. The molecule has 0 spiro atoms. The Morgan fingerprint density at radius 1 is 0.467 bits per heavy atom. The third kappa shape index (κ3) is 7.35. The maximum Gasteiger partial charge on any atom is 0.176 e. The van der Waals surface area contributed by atoms with Crippen LogP contribution in [0.4, 0.5) is 0 Å². The van der Waals surface area contributed by atoms with Crippen LogP contribution in [-0.2, 0) is 0 Å². The first-order valence-corrected chi connectivity index (χ1v) is 20.0. The fourth-order valence-electron chi connectivity index (χ4n) is 7.04. The van der Waals surface area contributed by atoms with Crippen molar-refractivity contribution in [3.05, 3.63) is 111 Å². The van der Waals surface area contributed by atoms with Crippen LogP contribution in [0.1, 0.15) is 178 Å². The molecule has 0 fully saturated rings. The molecule has 0 bridgehead atoms. The van der Waals surface area contributed by atoms with E-state index in [4.69, 9.17) is 0 Å². The number of rotatable bonds is 12. The summed E-state index contributed by atoms with van der Waals surface area (Å²) in [6.45, 7) is 30.8. The van der Waals surface area contributed by atoms with Gasteiger partial charge >= 0.3 is 0 Å². The van der Waals surface area contributed by atoms with E-state index in [0.717, 1.165) is 12.8 Å². The molecule has 0 amide bonds. The summed E-state index contributed by atoms with van der Waals surface area (Å²) in [5, 5.41) is 6.37. The number of hydrogen-bond acceptors (Lipinski definition) is 0. The lowest BCUT2D eigenvalue weighted by Crippen LogP contribution is -2.69. The lowest BCUT2D eigenvalue weighted by atomic mass is 9.95. The van der Waals surface area contributed by atoms with E-state index in [2.05, 4.69) is 157 Å². The third-order valence-corrected chi connectivity index (χ3v) is 15.0. The molecule has 1 heteroatoms. The monoisotopic (exact) mass is 618 g/mol. The first-order valence-electron chi connectivity index (χ1n) is 18.0. The van der Waals surface area contributed by atoms with Gasteiger partial charge in [0.25, 0.3) is 0 Å². The zero-order valence-corrected chi connectivity index (χ0v) is 31.9. The minimum Gasteiger partial charge on any atom is -0.0776 e. The van der Waals surface area contributed by atoms with Crippen molar-refractivity contribution in [1.29, 1.82) is 0 Å². The van der Waals surface area contributed by atoms with Crippen molar-refractivity contribution in [3.8, 4) is 0 Å². The molecule has 0 radical (unpaired) electrons. The van der Waals surface area contributed by atoms with Crippen molar-refractivity contribution in [1.82, 2.24) is 0 Å². The van der Waals surface area contributed by atoms with Gasteiger partial charge in [0.2, 0.25) is 0 Å². The quantitative estimate of drug-likeness (QED) is 0.140. The molecule has 242 valence electrons. The lowest BCUT2D eigenvalue weighted by Gasteiger charge is -2.38. The lowest BCUT2D eigenvalue weighted by molar-refractivity contribution is 0.834. The Kier molecular flexibility index (Phi) is 11.3. The standard InChI is InChI=1S/C44H62Si/c1-14-15-34-16-17-41(18-34)45(42-22-35(28(2)3)19-36(23-42)29(4)5,43-24-37(30(6)7)20-38(25-43)31(8)9)44-26-39(32(10)11)21-40(27-44)33(12)13/h16,18-33H,14-15,17H2,1-13H3. The predicted molar refractivity (Wildman–Crippen MR) is 204 cm³/mol. The first-order chi connectivity index (χ1) is 21.2. The average Bonchev–Trinajstić information content (AvgIpc) is 3.45. The molecule has 0 aliphatic heterocycles. The van der Waals surface area contributed by atoms with Gasteiger partial charge in [-0.1, -0.05) is 174 Å². The van der Waals surface area contributed by atoms with Gasteiger partial charge < -0.3 is 0 Å². The zero-order valence-electron chi connectivity index (χ0n) is 30.9. The zero-order chi connectivity index (χ0) is 33.2. The van der Waals surface area contributed by atoms with Crippen molar-refractivity contribution in [3.63, 3.8) is 0 Å². The average molecular weight is 619 g/mol. The van der Waals surface area contributed by atoms with E-state index in [1.807, 2.05) is 0 Å². The normalized spacial score (nSPS) is 14.1. The minimum atomic E-state index is -2.72. The van der Waals surface area contributed by atoms with E-state index in [1.165, 1.54) is 45.4 Å². The molecule has 0 aromatic heterocycles. The first kappa shape index (κ1) is 35.2. The largest absolute Gasteiger partial charge is 0.176 e. The van der Waals surface area contributed by atoms with Gasteiger partial charge in [0.05, 0.1) is 0 Å². The van der Waals surface area contributed by atoms with Crippen molar-refractivity contribution in [2.45, 2.75) is 145 Å². The van der Waals surface area contributed by atoms with E-state index >= 15 is 0 Å². The van der Waals surface area contributed by atoms with E-state index < -0.39 is 8.07 Å². The molecule has 45 heavy (non-hydrogen) atoms. The summed E-state index contributed by atoms with van der Waals surface area (Å²) < 4.78 is 0. The van der Waals surface area contributed by atoms with E-state index in [0.29, 0.717) is 35.5 Å². The second-order valence-corrected chi connectivity index (χ2v) is 19.6. The van der Waals surface area contributed by atoms with Crippen LogP contribution in [0.25, 0.3) is 0 Å². The highest BCUT2D eigenvalue weighted by Gasteiger charge is 2.45. The van der Waals surface area contributed by atoms with Gasteiger partial charge in [0.15, 0.2) is 8.07 Å². The van der Waals surface area contributed by atoms with Crippen LogP contribution in [0.5, 0.6) is 0 Å². The van der Waals surface area contributed by atoms with Crippen LogP contribution in [0.15, 0.2) is 77.5 Å². The Hall–Kier alpha value is -2.64. The van der Waals surface area contributed by atoms with Crippen LogP contribution in [0, 0.1) is 0 Å². The highest BCUT2D eigenvalue weighted by molar-refractivity contribution is 7.16. The van der Waals surface area contributed by atoms with Crippen LogP contribution in [0.3, 0.4) is 0 Å². The Morgan fingerprint density at radius 2 is 0.756 bits per heavy atom. The van der Waals surface area contributed by atoms with Crippen LogP contribution < -0.4 is 15.6 Å². The summed E-state index contributed by atoms with van der Waals surface area (Å²) in [5.74, 6) is 2.84. The molecule has 0 saturated heterocycles. The van der Waals surface area contributed by atoms with Gasteiger partial charge in [-0.05, 0) is 97.3 Å². The Labute approximate surface area is 278 Å². The third-order valence-electron chi connectivity index (χ3n) is 10.2. The maximum atomic E-state index is 2.65. The van der Waals surface area contributed by atoms with Crippen LogP contribution in [-0.4, -0.2) is 8.07 Å². The number of allylic oxidation sites excluding steroid dienone is 4. The molecular formula is C44H62Si. The van der Waals surface area contributed by atoms with Crippen molar-refractivity contribution in [2.75, 3.05) is 0 Å².